The third-order valence-electron chi connectivity index (χ3n) is 22.8. The van der Waals surface area contributed by atoms with Gasteiger partial charge in [0.25, 0.3) is 0 Å². The zero-order chi connectivity index (χ0) is 78.2. The highest BCUT2D eigenvalue weighted by Gasteiger charge is 2.17. The molecule has 3 nitrogen and oxygen atoms in total. The lowest BCUT2D eigenvalue weighted by molar-refractivity contribution is 1.53. The van der Waals surface area contributed by atoms with Crippen molar-refractivity contribution in [3.05, 3.63) is 437 Å². The van der Waals surface area contributed by atoms with E-state index in [0.717, 1.165) is 34.1 Å². The third kappa shape index (κ3) is 14.2. The fourth-order valence-electron chi connectivity index (χ4n) is 16.8. The van der Waals surface area contributed by atoms with E-state index in [-0.39, 0.29) is 0 Å². The van der Waals surface area contributed by atoms with Crippen LogP contribution in [0.25, 0.3) is 181 Å². The molecule has 0 bridgehead atoms. The second kappa shape index (κ2) is 31.4. The Bertz CT molecular complexity index is 7630. The number of benzene rings is 20. The topological polar surface area (TPSA) is 36.1 Å². The minimum Gasteiger partial charge on any atom is -0.356 e. The fourth-order valence-corrected chi connectivity index (χ4v) is 20.1. The van der Waals surface area contributed by atoms with Crippen molar-refractivity contribution in [3.63, 3.8) is 0 Å². The summed E-state index contributed by atoms with van der Waals surface area (Å²) in [5.74, 6) is 0. The predicted molar refractivity (Wildman–Crippen MR) is 515 cm³/mol. The Balaban J connectivity index is 0.000000110. The Labute approximate surface area is 697 Å². The average Bonchev–Trinajstić information content (AvgIpc) is 1.59. The molecule has 23 rings (SSSR count). The molecule has 0 aliphatic rings. The minimum atomic E-state index is 1.07. The van der Waals surface area contributed by atoms with Gasteiger partial charge in [0, 0.05) is 100 Å². The molecule has 0 atom stereocenters. The van der Waals surface area contributed by atoms with Gasteiger partial charge in [0.2, 0.25) is 0 Å². The van der Waals surface area contributed by atoms with Crippen LogP contribution < -0.4 is 16.0 Å². The maximum Gasteiger partial charge on any atom is 0.0464 e. The first-order valence-corrected chi connectivity index (χ1v) is 42.5. The number of anilines is 6. The molecule has 20 aromatic carbocycles. The number of nitrogens with one attached hydrogen (secondary N) is 3. The van der Waals surface area contributed by atoms with Crippen LogP contribution in [0.2, 0.25) is 0 Å². The number of rotatable bonds is 13. The summed E-state index contributed by atoms with van der Waals surface area (Å²) in [4.78, 5) is 0. The van der Waals surface area contributed by atoms with Crippen LogP contribution in [0.5, 0.6) is 0 Å². The lowest BCUT2D eigenvalue weighted by Gasteiger charge is -2.14. The monoisotopic (exact) mass is 1560 g/mol. The van der Waals surface area contributed by atoms with Crippen molar-refractivity contribution in [2.24, 2.45) is 0 Å². The summed E-state index contributed by atoms with van der Waals surface area (Å²) in [6.45, 7) is 0. The van der Waals surface area contributed by atoms with Crippen molar-refractivity contribution in [2.45, 2.75) is 0 Å². The summed E-state index contributed by atoms with van der Waals surface area (Å²) in [5, 5.41) is 29.2. The second-order valence-corrected chi connectivity index (χ2v) is 33.3. The van der Waals surface area contributed by atoms with E-state index in [4.69, 9.17) is 0 Å². The first kappa shape index (κ1) is 71.3. The molecule has 0 aliphatic heterocycles. The van der Waals surface area contributed by atoms with Crippen LogP contribution in [0, 0.1) is 0 Å². The predicted octanol–water partition coefficient (Wildman–Crippen LogP) is 33.7. The Hall–Kier alpha value is -14.5. The lowest BCUT2D eigenvalue weighted by Crippen LogP contribution is -1.93. The van der Waals surface area contributed by atoms with E-state index >= 15 is 0 Å². The molecule has 0 saturated heterocycles. The van der Waals surface area contributed by atoms with Crippen LogP contribution in [-0.2, 0) is 0 Å². The van der Waals surface area contributed by atoms with E-state index in [9.17, 15) is 0 Å². The molecule has 3 N–H and O–H groups in total. The maximum absolute atomic E-state index is 3.68. The summed E-state index contributed by atoms with van der Waals surface area (Å²) in [6, 6.07) is 157. The molecule has 0 radical (unpaired) electrons. The lowest BCUT2D eigenvalue weighted by atomic mass is 9.95. The number of fused-ring (bicyclic) bond motifs is 16. The summed E-state index contributed by atoms with van der Waals surface area (Å²) in [7, 11) is 0. The molecule has 0 unspecified atom stereocenters. The molecule has 556 valence electrons. The van der Waals surface area contributed by atoms with E-state index in [1.54, 1.807) is 0 Å². The van der Waals surface area contributed by atoms with Gasteiger partial charge in [0.05, 0.1) is 0 Å². The number of hydrogen-bond donors (Lipinski definition) is 3. The molecule has 118 heavy (non-hydrogen) atoms. The molecule has 0 fully saturated rings. The quantitative estimate of drug-likeness (QED) is 0.108. The largest absolute Gasteiger partial charge is 0.356 e. The van der Waals surface area contributed by atoms with Crippen molar-refractivity contribution >= 4 is 172 Å². The van der Waals surface area contributed by atoms with Crippen molar-refractivity contribution < 1.29 is 0 Å². The third-order valence-corrected chi connectivity index (χ3v) is 26.2. The Morgan fingerprint density at radius 3 is 0.737 bits per heavy atom. The fraction of sp³-hybridized carbons (Fsp3) is 0. The van der Waals surface area contributed by atoms with E-state index in [1.807, 2.05) is 40.1 Å². The highest BCUT2D eigenvalue weighted by Crippen LogP contribution is 2.46. The van der Waals surface area contributed by atoms with Gasteiger partial charge in [-0.3, -0.25) is 0 Å². The average molecular weight is 1560 g/mol. The SMILES string of the molecule is c1ccc(-c2ccc(-c3ccc(Nc4ccc(-c5ccc6sc7ccc8ccccc8c7c6c5)cc4)cc3)cc2)cc1.c1ccc(-c2ccc(Nc3ccc(-c4ccc5sc6ccc7ccccc7c6c5c4)c4ccccc34)cc2)cc1.c1ccc(-c2ccc(Nc3ccc(-c4ccc5sc6ccc7ccccc7c6c5c4)cc3)cc2)cc1. The van der Waals surface area contributed by atoms with Gasteiger partial charge >= 0.3 is 0 Å². The first-order chi connectivity index (χ1) is 58.4. The molecular weight excluding hydrogens is 1480 g/mol. The number of hydrogen-bond acceptors (Lipinski definition) is 6. The van der Waals surface area contributed by atoms with Crippen LogP contribution in [0.1, 0.15) is 0 Å². The second-order valence-electron chi connectivity index (χ2n) is 30.1. The van der Waals surface area contributed by atoms with Gasteiger partial charge in [-0.1, -0.05) is 315 Å². The van der Waals surface area contributed by atoms with Gasteiger partial charge < -0.3 is 16.0 Å². The van der Waals surface area contributed by atoms with Crippen molar-refractivity contribution in [1.82, 2.24) is 0 Å². The zero-order valence-corrected chi connectivity index (χ0v) is 66.7. The van der Waals surface area contributed by atoms with E-state index < -0.39 is 0 Å². The van der Waals surface area contributed by atoms with Crippen LogP contribution in [0.15, 0.2) is 437 Å². The first-order valence-electron chi connectivity index (χ1n) is 40.1. The molecule has 0 amide bonds. The van der Waals surface area contributed by atoms with Gasteiger partial charge in [-0.2, -0.15) is 0 Å². The Morgan fingerprint density at radius 1 is 0.144 bits per heavy atom. The van der Waals surface area contributed by atoms with Crippen molar-refractivity contribution in [3.8, 4) is 77.9 Å². The van der Waals surface area contributed by atoms with Gasteiger partial charge in [0.15, 0.2) is 0 Å². The minimum absolute atomic E-state index is 1.07. The smallest absolute Gasteiger partial charge is 0.0464 e. The molecule has 0 aliphatic carbocycles. The molecule has 3 aromatic heterocycles. The van der Waals surface area contributed by atoms with Gasteiger partial charge in [0.1, 0.15) is 0 Å². The Morgan fingerprint density at radius 2 is 0.390 bits per heavy atom. The molecular formula is C112H75N3S3. The van der Waals surface area contributed by atoms with Crippen LogP contribution in [0.3, 0.4) is 0 Å². The van der Waals surface area contributed by atoms with Gasteiger partial charge in [-0.25, -0.2) is 0 Å². The zero-order valence-electron chi connectivity index (χ0n) is 64.3. The standard InChI is InChI=1S/C40H27NS.C38H25NS.C34H23NS/c1-2-6-27(7-3-1)28-10-12-29(13-11-28)30-14-20-34(21-15-30)41-35-22-16-31(17-23-35)33-19-24-38-37(26-33)40-36-9-5-4-8-32(36)18-25-39(40)42-38;1-2-8-25(9-3-1)26-14-18-29(19-15-26)39-35-21-20-30(32-12-6-7-13-33(32)35)28-17-22-36-34(24-28)38-31-11-5-4-10-27(31)16-23-37(38)40-36;1-2-6-23(7-3-1)24-10-16-28(17-11-24)35-29-18-12-25(13-19-29)27-15-20-32-31(22-27)34-30-9-5-4-8-26(30)14-21-33(34)36-32/h1-26,41H;1-24,39H;1-22,35H. The summed E-state index contributed by atoms with van der Waals surface area (Å²) >= 11 is 5.62. The molecule has 3 heterocycles. The summed E-state index contributed by atoms with van der Waals surface area (Å²) < 4.78 is 8.03. The van der Waals surface area contributed by atoms with E-state index in [2.05, 4.69) is 447 Å². The maximum atomic E-state index is 3.68. The number of thiophene rings is 3. The Kier molecular flexibility index (Phi) is 18.9. The molecule has 0 spiro atoms. The highest BCUT2D eigenvalue weighted by molar-refractivity contribution is 7.27. The normalized spacial score (nSPS) is 11.4. The van der Waals surface area contributed by atoms with Crippen molar-refractivity contribution in [1.29, 1.82) is 0 Å². The van der Waals surface area contributed by atoms with Gasteiger partial charge in [-0.05, 0) is 237 Å². The molecule has 23 aromatic rings. The summed E-state index contributed by atoms with van der Waals surface area (Å²) in [5.41, 5.74) is 23.7. The van der Waals surface area contributed by atoms with E-state index in [0.29, 0.717) is 0 Å². The van der Waals surface area contributed by atoms with E-state index in [1.165, 1.54) is 181 Å². The van der Waals surface area contributed by atoms with Crippen LogP contribution >= 0.6 is 34.0 Å². The highest BCUT2D eigenvalue weighted by atomic mass is 32.1. The van der Waals surface area contributed by atoms with Crippen molar-refractivity contribution in [2.75, 3.05) is 16.0 Å². The van der Waals surface area contributed by atoms with Gasteiger partial charge in [-0.15, -0.1) is 34.0 Å². The summed E-state index contributed by atoms with van der Waals surface area (Å²) in [6.07, 6.45) is 0. The van der Waals surface area contributed by atoms with Crippen LogP contribution in [-0.4, -0.2) is 0 Å². The van der Waals surface area contributed by atoms with Crippen LogP contribution in [0.4, 0.5) is 34.1 Å². The molecule has 6 heteroatoms. The molecule has 0 saturated carbocycles.